The van der Waals surface area contributed by atoms with Gasteiger partial charge in [-0.25, -0.2) is 0 Å². The van der Waals surface area contributed by atoms with Crippen LogP contribution in [0, 0.1) is 17.0 Å². The van der Waals surface area contributed by atoms with Crippen LogP contribution in [0.3, 0.4) is 0 Å². The van der Waals surface area contributed by atoms with E-state index in [1.54, 1.807) is 32.0 Å². The molecule has 0 radical (unpaired) electrons. The van der Waals surface area contributed by atoms with Gasteiger partial charge in [0.2, 0.25) is 12.0 Å². The van der Waals surface area contributed by atoms with E-state index in [0.29, 0.717) is 18.2 Å². The molecule has 0 saturated carbocycles. The lowest BCUT2D eigenvalue weighted by molar-refractivity contribution is -0.385. The molecule has 1 unspecified atom stereocenters. The smallest absolute Gasteiger partial charge is 0.315 e. The number of ketones is 1. The zero-order valence-electron chi connectivity index (χ0n) is 24.3. The van der Waals surface area contributed by atoms with Crippen LogP contribution in [-0.2, 0) is 32.1 Å². The molecule has 0 fully saturated rings. The maximum atomic E-state index is 13.1. The van der Waals surface area contributed by atoms with E-state index in [1.807, 2.05) is 6.92 Å². The van der Waals surface area contributed by atoms with Crippen molar-refractivity contribution in [3.05, 3.63) is 68.6 Å². The molecule has 1 heterocycles. The van der Waals surface area contributed by atoms with Crippen molar-refractivity contribution in [2.45, 2.75) is 58.4 Å². The number of rotatable bonds is 14. The van der Waals surface area contributed by atoms with Gasteiger partial charge in [-0.1, -0.05) is 24.6 Å². The van der Waals surface area contributed by atoms with Gasteiger partial charge >= 0.3 is 5.97 Å². The number of aromatic nitrogens is 2. The fourth-order valence-electron chi connectivity index (χ4n) is 3.69. The molecule has 0 spiro atoms. The number of thioether (sulfide) groups is 1. The lowest BCUT2D eigenvalue weighted by Crippen LogP contribution is -2.39. The summed E-state index contributed by atoms with van der Waals surface area (Å²) in [5.74, 6) is -2.05. The highest BCUT2D eigenvalue weighted by Gasteiger charge is 2.29. The van der Waals surface area contributed by atoms with Gasteiger partial charge in [-0.05, 0) is 51.0 Å². The molecule has 234 valence electrons. The Labute approximate surface area is 261 Å². The SMILES string of the molecule is CCCOC(=O)Cc1nnc(SC(=O)N(CC)Cc2cc([N+](=O)[O-])ccc2OC(C(C)=O)C(=O)Nc2cc(C)ccc2Cl)o1. The highest BCUT2D eigenvalue weighted by molar-refractivity contribution is 8.13. The Morgan fingerprint density at radius 2 is 1.91 bits per heavy atom. The quantitative estimate of drug-likeness (QED) is 0.0799. The van der Waals surface area contributed by atoms with Crippen LogP contribution in [0.2, 0.25) is 5.02 Å². The minimum absolute atomic E-state index is 0.0248. The average Bonchev–Trinajstić information content (AvgIpc) is 3.41. The number of non-ortho nitro benzene ring substituents is 1. The number of aryl methyl sites for hydroxylation is 1. The standard InChI is InChI=1S/C28H30ClN5O9S/c1-5-11-41-24(36)14-23-31-32-27(43-23)44-28(38)33(6-2)15-18-13-19(34(39)40)8-10-22(18)42-25(17(4)35)26(37)30-21-12-16(3)7-9-20(21)29/h7-10,12-13,25H,5-6,11,14-15H2,1-4H3,(H,30,37). The predicted octanol–water partition coefficient (Wildman–Crippen LogP) is 5.14. The summed E-state index contributed by atoms with van der Waals surface area (Å²) >= 11 is 6.77. The summed E-state index contributed by atoms with van der Waals surface area (Å²) in [4.78, 5) is 62.7. The van der Waals surface area contributed by atoms with E-state index < -0.39 is 33.9 Å². The predicted molar refractivity (Wildman–Crippen MR) is 160 cm³/mol. The van der Waals surface area contributed by atoms with Crippen molar-refractivity contribution in [3.63, 3.8) is 0 Å². The van der Waals surface area contributed by atoms with E-state index in [1.165, 1.54) is 17.0 Å². The van der Waals surface area contributed by atoms with E-state index in [9.17, 15) is 29.3 Å². The van der Waals surface area contributed by atoms with Crippen LogP contribution in [0.4, 0.5) is 16.2 Å². The lowest BCUT2D eigenvalue weighted by atomic mass is 10.1. The number of nitrogens with one attached hydrogen (secondary N) is 1. The Morgan fingerprint density at radius 1 is 1.16 bits per heavy atom. The molecule has 14 nitrogen and oxygen atoms in total. The number of amides is 2. The zero-order chi connectivity index (χ0) is 32.4. The summed E-state index contributed by atoms with van der Waals surface area (Å²) in [5, 5.41) is 21.2. The molecule has 1 N–H and O–H groups in total. The van der Waals surface area contributed by atoms with Crippen LogP contribution < -0.4 is 10.1 Å². The lowest BCUT2D eigenvalue weighted by Gasteiger charge is -2.23. The third-order valence-electron chi connectivity index (χ3n) is 5.87. The number of carbonyl (C=O) groups is 4. The number of benzene rings is 2. The fourth-order valence-corrected chi connectivity index (χ4v) is 4.55. The first-order valence-electron chi connectivity index (χ1n) is 13.4. The normalized spacial score (nSPS) is 11.4. The molecule has 2 aromatic carbocycles. The zero-order valence-corrected chi connectivity index (χ0v) is 25.9. The maximum absolute atomic E-state index is 13.1. The van der Waals surface area contributed by atoms with Gasteiger partial charge in [0.25, 0.3) is 22.1 Å². The number of carbonyl (C=O) groups excluding carboxylic acids is 4. The van der Waals surface area contributed by atoms with Crippen molar-refractivity contribution in [1.29, 1.82) is 0 Å². The van der Waals surface area contributed by atoms with Crippen LogP contribution in [0.15, 0.2) is 46.0 Å². The third kappa shape index (κ3) is 9.50. The Morgan fingerprint density at radius 3 is 2.57 bits per heavy atom. The summed E-state index contributed by atoms with van der Waals surface area (Å²) in [6.45, 7) is 6.70. The second-order valence-electron chi connectivity index (χ2n) is 9.37. The van der Waals surface area contributed by atoms with Gasteiger partial charge in [-0.15, -0.1) is 10.2 Å². The number of nitrogens with zero attached hydrogens (tertiary/aromatic N) is 4. The topological polar surface area (TPSA) is 184 Å². The average molecular weight is 648 g/mol. The van der Waals surface area contributed by atoms with Gasteiger partial charge in [-0.2, -0.15) is 0 Å². The van der Waals surface area contributed by atoms with Crippen molar-refractivity contribution in [2.75, 3.05) is 18.5 Å². The van der Waals surface area contributed by atoms with Gasteiger partial charge in [0.05, 0.1) is 28.8 Å². The summed E-state index contributed by atoms with van der Waals surface area (Å²) < 4.78 is 16.2. The highest BCUT2D eigenvalue weighted by Crippen LogP contribution is 2.30. The van der Waals surface area contributed by atoms with Gasteiger partial charge in [0.15, 0.2) is 5.78 Å². The van der Waals surface area contributed by atoms with Crippen molar-refractivity contribution >= 4 is 57.6 Å². The summed E-state index contributed by atoms with van der Waals surface area (Å²) in [5.41, 5.74) is 0.955. The molecule has 0 aliphatic carbocycles. The van der Waals surface area contributed by atoms with E-state index in [0.717, 1.165) is 18.6 Å². The van der Waals surface area contributed by atoms with E-state index >= 15 is 0 Å². The molecule has 0 saturated heterocycles. The monoisotopic (exact) mass is 647 g/mol. The minimum atomic E-state index is -1.63. The van der Waals surface area contributed by atoms with Crippen LogP contribution in [0.1, 0.15) is 44.2 Å². The number of halogens is 1. The largest absolute Gasteiger partial charge is 0.472 e. The summed E-state index contributed by atoms with van der Waals surface area (Å²) in [6.07, 6.45) is -1.23. The Kier molecular flexibility index (Phi) is 12.2. The Balaban J connectivity index is 1.80. The summed E-state index contributed by atoms with van der Waals surface area (Å²) in [7, 11) is 0. The first-order valence-corrected chi connectivity index (χ1v) is 14.6. The molecular weight excluding hydrogens is 618 g/mol. The number of nitro groups is 1. The Bertz CT molecular complexity index is 1550. The number of anilines is 1. The number of esters is 1. The molecule has 2 amide bonds. The molecule has 16 heteroatoms. The molecule has 1 atom stereocenters. The number of hydrogen-bond acceptors (Lipinski definition) is 12. The number of ether oxygens (including phenoxy) is 2. The van der Waals surface area contributed by atoms with Crippen LogP contribution in [-0.4, -0.2) is 62.2 Å². The van der Waals surface area contributed by atoms with Crippen molar-refractivity contribution < 1.29 is 38.0 Å². The first-order chi connectivity index (χ1) is 20.9. The minimum Gasteiger partial charge on any atom is -0.472 e. The van der Waals surface area contributed by atoms with E-state index in [-0.39, 0.29) is 64.9 Å². The fraction of sp³-hybridized carbons (Fsp3) is 0.357. The molecule has 1 aromatic heterocycles. The van der Waals surface area contributed by atoms with Crippen molar-refractivity contribution in [2.24, 2.45) is 0 Å². The summed E-state index contributed by atoms with van der Waals surface area (Å²) in [6, 6.07) is 8.57. The number of nitro benzene ring substituents is 1. The van der Waals surface area contributed by atoms with E-state index in [4.69, 9.17) is 25.5 Å². The third-order valence-corrected chi connectivity index (χ3v) is 6.98. The van der Waals surface area contributed by atoms with Crippen LogP contribution >= 0.6 is 23.4 Å². The number of Topliss-reactive ketones (excluding diaryl/α,β-unsaturated/α-hetero) is 1. The molecule has 44 heavy (non-hydrogen) atoms. The van der Waals surface area contributed by atoms with Crippen molar-refractivity contribution in [1.82, 2.24) is 15.1 Å². The van der Waals surface area contributed by atoms with Gasteiger partial charge < -0.3 is 24.1 Å². The van der Waals surface area contributed by atoms with Crippen molar-refractivity contribution in [3.8, 4) is 5.75 Å². The molecule has 3 aromatic rings. The van der Waals surface area contributed by atoms with Crippen LogP contribution in [0.5, 0.6) is 5.75 Å². The van der Waals surface area contributed by atoms with Gasteiger partial charge in [0.1, 0.15) is 12.2 Å². The van der Waals surface area contributed by atoms with Gasteiger partial charge in [-0.3, -0.25) is 29.3 Å². The first kappa shape index (κ1) is 34.0. The molecular formula is C28H30ClN5O9S. The molecule has 0 bridgehead atoms. The Hall–Kier alpha value is -4.50. The molecule has 0 aliphatic rings. The number of hydrogen-bond donors (Lipinski definition) is 1. The second kappa shape index (κ2) is 15.8. The second-order valence-corrected chi connectivity index (χ2v) is 10.7. The highest BCUT2D eigenvalue weighted by atomic mass is 35.5. The van der Waals surface area contributed by atoms with Gasteiger partial charge in [0, 0.05) is 36.0 Å². The maximum Gasteiger partial charge on any atom is 0.315 e. The molecule has 3 rings (SSSR count). The van der Waals surface area contributed by atoms with E-state index in [2.05, 4.69) is 15.5 Å². The van der Waals surface area contributed by atoms with Crippen LogP contribution in [0.25, 0.3) is 0 Å². The molecule has 0 aliphatic heterocycles.